The molecule has 1 aromatic heterocycles. The Bertz CT molecular complexity index is 572. The molecular formula is C11H15ClF3NO3S2. The van der Waals surface area contributed by atoms with Crippen molar-refractivity contribution >= 4 is 33.0 Å². The van der Waals surface area contributed by atoms with Gasteiger partial charge in [0.1, 0.15) is 4.21 Å². The van der Waals surface area contributed by atoms with E-state index in [0.717, 1.165) is 11.3 Å². The van der Waals surface area contributed by atoms with E-state index in [0.29, 0.717) is 0 Å². The minimum Gasteiger partial charge on any atom is -0.392 e. The van der Waals surface area contributed by atoms with Gasteiger partial charge in [0.15, 0.2) is 0 Å². The van der Waals surface area contributed by atoms with Crippen molar-refractivity contribution < 1.29 is 26.7 Å². The largest absolute Gasteiger partial charge is 0.392 e. The Hall–Kier alpha value is -0.350. The summed E-state index contributed by atoms with van der Waals surface area (Å²) in [5, 5.41) is 9.58. The lowest BCUT2D eigenvalue weighted by atomic mass is 9.95. The molecule has 0 spiro atoms. The van der Waals surface area contributed by atoms with E-state index in [2.05, 4.69) is 4.72 Å². The number of hydrogen-bond donors (Lipinski definition) is 2. The summed E-state index contributed by atoms with van der Waals surface area (Å²) >= 11 is 6.43. The highest BCUT2D eigenvalue weighted by molar-refractivity contribution is 7.91. The zero-order chi connectivity index (χ0) is 16.4. The maximum absolute atomic E-state index is 12.4. The van der Waals surface area contributed by atoms with E-state index >= 15 is 0 Å². The second-order valence-electron chi connectivity index (χ2n) is 4.74. The number of aliphatic hydroxyl groups excluding tert-OH is 1. The van der Waals surface area contributed by atoms with Crippen LogP contribution in [0.3, 0.4) is 0 Å². The minimum atomic E-state index is -4.44. The smallest absolute Gasteiger partial charge is 0.389 e. The summed E-state index contributed by atoms with van der Waals surface area (Å²) < 4.78 is 63.6. The number of alkyl halides is 3. The second kappa shape index (κ2) is 6.82. The van der Waals surface area contributed by atoms with Crippen LogP contribution in [0.25, 0.3) is 0 Å². The summed E-state index contributed by atoms with van der Waals surface area (Å²) in [4.78, 5) is 0. The van der Waals surface area contributed by atoms with Crippen LogP contribution in [0.5, 0.6) is 0 Å². The molecule has 0 radical (unpaired) electrons. The first-order chi connectivity index (χ1) is 9.42. The molecule has 0 fully saturated rings. The molecule has 0 bridgehead atoms. The molecule has 0 saturated carbocycles. The highest BCUT2D eigenvalue weighted by atomic mass is 35.5. The van der Waals surface area contributed by atoms with Crippen molar-refractivity contribution in [2.75, 3.05) is 0 Å². The highest BCUT2D eigenvalue weighted by Gasteiger charge is 2.37. The van der Waals surface area contributed by atoms with Gasteiger partial charge in [-0.15, -0.1) is 11.3 Å². The predicted molar refractivity (Wildman–Crippen MR) is 75.0 cm³/mol. The van der Waals surface area contributed by atoms with E-state index in [1.165, 1.54) is 26.0 Å². The van der Waals surface area contributed by atoms with Gasteiger partial charge in [-0.1, -0.05) is 18.5 Å². The molecule has 122 valence electrons. The van der Waals surface area contributed by atoms with Crippen molar-refractivity contribution in [3.63, 3.8) is 0 Å². The fraction of sp³-hybridized carbons (Fsp3) is 0.636. The summed E-state index contributed by atoms with van der Waals surface area (Å²) in [6.45, 7) is 2.47. The fourth-order valence-corrected chi connectivity index (χ4v) is 4.78. The number of thiophene rings is 1. The topological polar surface area (TPSA) is 66.4 Å². The summed E-state index contributed by atoms with van der Waals surface area (Å²) in [5.41, 5.74) is 0. The van der Waals surface area contributed by atoms with E-state index in [9.17, 15) is 26.7 Å². The van der Waals surface area contributed by atoms with Crippen molar-refractivity contribution in [3.05, 3.63) is 16.5 Å². The summed E-state index contributed by atoms with van der Waals surface area (Å²) in [6.07, 6.45) is -6.91. The number of halogens is 4. The zero-order valence-electron chi connectivity index (χ0n) is 11.2. The molecule has 0 aliphatic rings. The van der Waals surface area contributed by atoms with Crippen LogP contribution in [-0.4, -0.2) is 31.8 Å². The highest BCUT2D eigenvalue weighted by Crippen LogP contribution is 2.29. The van der Waals surface area contributed by atoms with E-state index < -0.39 is 40.7 Å². The predicted octanol–water partition coefficient (Wildman–Crippen LogP) is 3.02. The number of rotatable bonds is 6. The van der Waals surface area contributed by atoms with Gasteiger partial charge in [0.25, 0.3) is 0 Å². The SMILES string of the molecule is CC(O)[C@@H](NS(=O)(=O)c1ccc(Cl)s1)[C@@H](C)CC(F)(F)F. The Morgan fingerprint density at radius 3 is 2.33 bits per heavy atom. The van der Waals surface area contributed by atoms with Crippen LogP contribution in [0.15, 0.2) is 16.3 Å². The molecule has 21 heavy (non-hydrogen) atoms. The van der Waals surface area contributed by atoms with Crippen LogP contribution in [-0.2, 0) is 10.0 Å². The molecular weight excluding hydrogens is 351 g/mol. The maximum Gasteiger partial charge on any atom is 0.389 e. The van der Waals surface area contributed by atoms with Crippen molar-refractivity contribution in [1.82, 2.24) is 4.72 Å². The molecule has 1 heterocycles. The average Bonchev–Trinajstić information content (AvgIpc) is 2.70. The third-order valence-corrected chi connectivity index (χ3v) is 5.97. The van der Waals surface area contributed by atoms with Crippen LogP contribution in [0.1, 0.15) is 20.3 Å². The van der Waals surface area contributed by atoms with Crippen molar-refractivity contribution in [1.29, 1.82) is 0 Å². The Kier molecular flexibility index (Phi) is 6.08. The quantitative estimate of drug-likeness (QED) is 0.814. The van der Waals surface area contributed by atoms with Crippen molar-refractivity contribution in [2.45, 2.75) is 42.8 Å². The van der Waals surface area contributed by atoms with Gasteiger partial charge in [0.2, 0.25) is 10.0 Å². The molecule has 1 unspecified atom stereocenters. The van der Waals surface area contributed by atoms with Gasteiger partial charge in [-0.05, 0) is 25.0 Å². The normalized spacial score (nSPS) is 17.5. The maximum atomic E-state index is 12.4. The number of nitrogens with one attached hydrogen (secondary N) is 1. The molecule has 1 aromatic rings. The van der Waals surface area contributed by atoms with Gasteiger partial charge in [0, 0.05) is 6.42 Å². The Labute approximate surface area is 130 Å². The number of sulfonamides is 1. The van der Waals surface area contributed by atoms with Gasteiger partial charge in [-0.2, -0.15) is 13.2 Å². The van der Waals surface area contributed by atoms with Crippen LogP contribution in [0.4, 0.5) is 13.2 Å². The minimum absolute atomic E-state index is 0.114. The molecule has 0 aliphatic heterocycles. The van der Waals surface area contributed by atoms with Gasteiger partial charge < -0.3 is 5.11 Å². The van der Waals surface area contributed by atoms with Crippen LogP contribution < -0.4 is 4.72 Å². The molecule has 3 atom stereocenters. The first-order valence-electron chi connectivity index (χ1n) is 5.95. The zero-order valence-corrected chi connectivity index (χ0v) is 13.6. The molecule has 4 nitrogen and oxygen atoms in total. The van der Waals surface area contributed by atoms with E-state index in [-0.39, 0.29) is 8.55 Å². The van der Waals surface area contributed by atoms with Gasteiger partial charge >= 0.3 is 6.18 Å². The summed E-state index contributed by atoms with van der Waals surface area (Å²) in [5.74, 6) is -1.12. The first-order valence-corrected chi connectivity index (χ1v) is 8.62. The summed E-state index contributed by atoms with van der Waals surface area (Å²) in [6, 6.07) is 1.37. The van der Waals surface area contributed by atoms with Crippen molar-refractivity contribution in [3.8, 4) is 0 Å². The molecule has 0 amide bonds. The third-order valence-electron chi connectivity index (χ3n) is 2.79. The Balaban J connectivity index is 2.93. The summed E-state index contributed by atoms with van der Waals surface area (Å²) in [7, 11) is -4.03. The van der Waals surface area contributed by atoms with Crippen molar-refractivity contribution in [2.24, 2.45) is 5.92 Å². The van der Waals surface area contributed by atoms with Gasteiger partial charge in [-0.25, -0.2) is 13.1 Å². The molecule has 0 saturated heterocycles. The molecule has 10 heteroatoms. The third kappa shape index (κ3) is 5.74. The second-order valence-corrected chi connectivity index (χ2v) is 8.40. The molecule has 1 rings (SSSR count). The lowest BCUT2D eigenvalue weighted by molar-refractivity contribution is -0.146. The van der Waals surface area contributed by atoms with Gasteiger partial charge in [-0.3, -0.25) is 0 Å². The standard InChI is InChI=1S/C11H15ClF3NO3S2/c1-6(5-11(13,14)15)10(7(2)17)16-21(18,19)9-4-3-8(12)20-9/h3-4,6-7,10,16-17H,5H2,1-2H3/t6-,7?,10-/m0/s1. The van der Waals surface area contributed by atoms with E-state index in [1.807, 2.05) is 0 Å². The molecule has 2 N–H and O–H groups in total. The van der Waals surface area contributed by atoms with Crippen LogP contribution in [0, 0.1) is 5.92 Å². The Morgan fingerprint density at radius 2 is 1.95 bits per heavy atom. The molecule has 0 aliphatic carbocycles. The number of aliphatic hydroxyl groups is 1. The fourth-order valence-electron chi connectivity index (χ4n) is 1.86. The van der Waals surface area contributed by atoms with E-state index in [1.54, 1.807) is 0 Å². The first kappa shape index (κ1) is 18.7. The van der Waals surface area contributed by atoms with Gasteiger partial charge in [0.05, 0.1) is 16.5 Å². The lowest BCUT2D eigenvalue weighted by Gasteiger charge is -2.27. The molecule has 0 aromatic carbocycles. The lowest BCUT2D eigenvalue weighted by Crippen LogP contribution is -2.47. The number of hydrogen-bond acceptors (Lipinski definition) is 4. The monoisotopic (exact) mass is 365 g/mol. The van der Waals surface area contributed by atoms with E-state index in [4.69, 9.17) is 11.6 Å². The van der Waals surface area contributed by atoms with Crippen LogP contribution >= 0.6 is 22.9 Å². The average molecular weight is 366 g/mol. The van der Waals surface area contributed by atoms with Crippen LogP contribution in [0.2, 0.25) is 4.34 Å². The Morgan fingerprint density at radius 1 is 1.38 bits per heavy atom.